The number of benzene rings is 2. The van der Waals surface area contributed by atoms with Crippen LogP contribution in [0.4, 0.5) is 23.3 Å². The van der Waals surface area contributed by atoms with Gasteiger partial charge in [-0.25, -0.2) is 34.7 Å². The molecule has 8 aromatic rings. The highest BCUT2D eigenvalue weighted by molar-refractivity contribution is 9.09. The maximum atomic E-state index is 12.9. The third-order valence-electron chi connectivity index (χ3n) is 13.9. The molecule has 0 bridgehead atoms. The van der Waals surface area contributed by atoms with Gasteiger partial charge in [-0.2, -0.15) is 0 Å². The van der Waals surface area contributed by atoms with Gasteiger partial charge in [0.1, 0.15) is 11.4 Å². The third-order valence-corrected chi connectivity index (χ3v) is 14.8. The van der Waals surface area contributed by atoms with Crippen LogP contribution in [-0.2, 0) is 23.7 Å². The number of halogens is 3. The van der Waals surface area contributed by atoms with Gasteiger partial charge < -0.3 is 51.5 Å². The Labute approximate surface area is 499 Å². The number of carboxylic acid groups (broad SMARTS) is 1. The number of nitrogens with two attached hydrogens (primary N) is 1. The molecule has 3 amide bonds. The number of nitrogen functional groups attached to an aromatic ring is 1. The first-order chi connectivity index (χ1) is 40.0. The lowest BCUT2D eigenvalue weighted by Gasteiger charge is -2.30. The molecular weight excluding hydrogens is 1160 g/mol. The molecule has 23 heteroatoms. The molecule has 0 saturated heterocycles. The highest BCUT2D eigenvalue weighted by atomic mass is 79.9. The molecule has 20 nitrogen and oxygen atoms in total. The molecule has 83 heavy (non-hydrogen) atoms. The van der Waals surface area contributed by atoms with Gasteiger partial charge in [0.2, 0.25) is 17.8 Å². The average molecular weight is 1230 g/mol. The maximum absolute atomic E-state index is 12.9. The standard InChI is InChI=1S/C31H35ClN8O2.C25H26ClN7O.C4H5BrO2/c1-39(2)15-6-11-28(41)35-22-12-13-26(33-18-22)30(42)36-20-7-4-8-21(17-20)37-31-34-19-25(32)29(38-31)24-9-5-10-27-23(24)14-16-40(27)3;1-33-11-10-18-19(6-3-7-22(18)33)23-20(26)14-29-25(32-23)31-17-5-2-4-16(12-17)30-24(34)21-9-8-15(27)13-28-21;5-3-1-2-4(6)7/h5-6,9-14,16,18-21H,4,7-8,15,17H2,1-3H3,(H,35,41)(H,36,42)(H,34,37,38);3,6-11,13-14,16-17H,2,4-5,12,27H2,1H3,(H,30,34)(H,29,31,32);1-2H,3H2,(H,6,7)/b11-6+;;2-1+/t20-,21+;16-,17+;/m00./s1. The Morgan fingerprint density at radius 2 is 1.17 bits per heavy atom. The van der Waals surface area contributed by atoms with E-state index < -0.39 is 5.97 Å². The molecule has 2 fully saturated rings. The van der Waals surface area contributed by atoms with Crippen LogP contribution < -0.4 is 32.3 Å². The van der Waals surface area contributed by atoms with E-state index in [0.29, 0.717) is 68.0 Å². The van der Waals surface area contributed by atoms with E-state index in [2.05, 4.69) is 95.8 Å². The minimum Gasteiger partial charge on any atom is -0.478 e. The number of aryl methyl sites for hydroxylation is 2. The van der Waals surface area contributed by atoms with Crippen molar-refractivity contribution in [2.75, 3.05) is 47.7 Å². The summed E-state index contributed by atoms with van der Waals surface area (Å²) in [6.07, 6.45) is 23.3. The highest BCUT2D eigenvalue weighted by Crippen LogP contribution is 2.35. The Hall–Kier alpha value is -8.24. The van der Waals surface area contributed by atoms with Crippen LogP contribution in [0.5, 0.6) is 0 Å². The van der Waals surface area contributed by atoms with Crippen molar-refractivity contribution in [3.8, 4) is 22.5 Å². The molecule has 2 aliphatic carbocycles. The van der Waals surface area contributed by atoms with E-state index in [9.17, 15) is 19.2 Å². The number of pyridine rings is 2. The van der Waals surface area contributed by atoms with Gasteiger partial charge in [0.15, 0.2) is 0 Å². The minimum absolute atomic E-state index is 0.0170. The lowest BCUT2D eigenvalue weighted by molar-refractivity contribution is -0.131. The van der Waals surface area contributed by atoms with Gasteiger partial charge in [0, 0.05) is 108 Å². The number of hydrogen-bond donors (Lipinski definition) is 7. The van der Waals surface area contributed by atoms with E-state index in [4.69, 9.17) is 44.0 Å². The smallest absolute Gasteiger partial charge is 0.328 e. The Balaban J connectivity index is 0.000000198. The Morgan fingerprint density at radius 1 is 0.663 bits per heavy atom. The molecule has 10 rings (SSSR count). The molecule has 6 aromatic heterocycles. The van der Waals surface area contributed by atoms with E-state index in [-0.39, 0.29) is 41.9 Å². The predicted molar refractivity (Wildman–Crippen MR) is 332 cm³/mol. The Bertz CT molecular complexity index is 3610. The van der Waals surface area contributed by atoms with Crippen molar-refractivity contribution in [3.63, 3.8) is 0 Å². The van der Waals surface area contributed by atoms with Gasteiger partial charge in [0.25, 0.3) is 11.8 Å². The van der Waals surface area contributed by atoms with E-state index in [0.717, 1.165) is 90.4 Å². The summed E-state index contributed by atoms with van der Waals surface area (Å²) in [6, 6.07) is 23.2. The Kier molecular flexibility index (Phi) is 21.4. The second-order valence-corrected chi connectivity index (χ2v) is 21.9. The number of aromatic nitrogens is 8. The zero-order valence-corrected chi connectivity index (χ0v) is 49.5. The van der Waals surface area contributed by atoms with Crippen LogP contribution in [0.2, 0.25) is 10.0 Å². The second kappa shape index (κ2) is 29.1. The average Bonchev–Trinajstić information content (AvgIpc) is 4.18. The molecule has 6 heterocycles. The lowest BCUT2D eigenvalue weighted by Crippen LogP contribution is -2.42. The number of nitrogens with one attached hydrogen (secondary N) is 5. The van der Waals surface area contributed by atoms with Crippen molar-refractivity contribution in [2.45, 2.75) is 75.5 Å². The summed E-state index contributed by atoms with van der Waals surface area (Å²) < 4.78 is 4.14. The van der Waals surface area contributed by atoms with E-state index >= 15 is 0 Å². The zero-order chi connectivity index (χ0) is 59.0. The molecule has 8 N–H and O–H groups in total. The molecule has 2 aliphatic rings. The number of fused-ring (bicyclic) bond motifs is 2. The first-order valence-electron chi connectivity index (χ1n) is 27.1. The number of alkyl halides is 1. The molecule has 2 aromatic carbocycles. The summed E-state index contributed by atoms with van der Waals surface area (Å²) in [6.45, 7) is 0.668. The quantitative estimate of drug-likeness (QED) is 0.0350. The number of carboxylic acids is 1. The molecular formula is C60H66BrCl2N15O5. The van der Waals surface area contributed by atoms with Crippen molar-refractivity contribution in [1.29, 1.82) is 0 Å². The summed E-state index contributed by atoms with van der Waals surface area (Å²) in [5, 5.41) is 27.6. The molecule has 0 radical (unpaired) electrons. The normalized spacial score (nSPS) is 16.9. The van der Waals surface area contributed by atoms with Crippen LogP contribution >= 0.6 is 39.1 Å². The fourth-order valence-electron chi connectivity index (χ4n) is 9.90. The number of carbonyl (C=O) groups excluding carboxylic acids is 3. The van der Waals surface area contributed by atoms with Crippen LogP contribution in [0.3, 0.4) is 0 Å². The number of nitrogens with zero attached hydrogens (tertiary/aromatic N) is 9. The van der Waals surface area contributed by atoms with Crippen molar-refractivity contribution < 1.29 is 24.3 Å². The van der Waals surface area contributed by atoms with Gasteiger partial charge in [-0.15, -0.1) is 0 Å². The number of allylic oxidation sites excluding steroid dienone is 1. The minimum atomic E-state index is -0.903. The maximum Gasteiger partial charge on any atom is 0.328 e. The van der Waals surface area contributed by atoms with Crippen molar-refractivity contribution >= 4 is 108 Å². The van der Waals surface area contributed by atoms with E-state index in [1.54, 1.807) is 42.7 Å². The molecule has 0 unspecified atom stereocenters. The number of aliphatic carboxylic acids is 1. The van der Waals surface area contributed by atoms with E-state index in [1.807, 2.05) is 69.7 Å². The summed E-state index contributed by atoms with van der Waals surface area (Å²) in [7, 11) is 7.88. The summed E-state index contributed by atoms with van der Waals surface area (Å²) in [5.74, 6) is -0.540. The van der Waals surface area contributed by atoms with Crippen LogP contribution in [0.1, 0.15) is 72.3 Å². The van der Waals surface area contributed by atoms with Gasteiger partial charge >= 0.3 is 5.97 Å². The Morgan fingerprint density at radius 3 is 1.61 bits per heavy atom. The van der Waals surface area contributed by atoms with E-state index in [1.165, 1.54) is 24.5 Å². The summed E-state index contributed by atoms with van der Waals surface area (Å²) in [4.78, 5) is 75.9. The van der Waals surface area contributed by atoms with Crippen LogP contribution in [0.25, 0.3) is 44.3 Å². The van der Waals surface area contributed by atoms with Gasteiger partial charge in [-0.3, -0.25) is 14.4 Å². The molecule has 432 valence electrons. The van der Waals surface area contributed by atoms with Crippen LogP contribution in [0, 0.1) is 0 Å². The number of anilines is 4. The SMILES string of the molecule is CN(C)C/C=C/C(=O)Nc1ccc(C(=O)N[C@H]2CCC[C@@H](Nc3ncc(Cl)c(-c4cccc5c4ccn5C)n3)C2)nc1.Cn1ccc2c(-c3nc(N[C@@H]4CCC[C@H](NC(=O)c5ccc(N)cn5)C4)ncc3Cl)cccc21.O=C(O)/C=C/CBr. The summed E-state index contributed by atoms with van der Waals surface area (Å²) in [5.41, 5.74) is 12.9. The molecule has 2 saturated carbocycles. The van der Waals surface area contributed by atoms with Gasteiger partial charge in [-0.1, -0.05) is 75.5 Å². The molecule has 0 spiro atoms. The van der Waals surface area contributed by atoms with Crippen molar-refractivity contribution in [3.05, 3.63) is 156 Å². The fourth-order valence-corrected chi connectivity index (χ4v) is 10.5. The van der Waals surface area contributed by atoms with Crippen molar-refractivity contribution in [2.24, 2.45) is 14.1 Å². The third kappa shape index (κ3) is 16.9. The zero-order valence-electron chi connectivity index (χ0n) is 46.4. The largest absolute Gasteiger partial charge is 0.478 e. The lowest BCUT2D eigenvalue weighted by atomic mass is 9.91. The number of amides is 3. The summed E-state index contributed by atoms with van der Waals surface area (Å²) >= 11 is 16.1. The van der Waals surface area contributed by atoms with Gasteiger partial charge in [-0.05, 0) is 114 Å². The van der Waals surface area contributed by atoms with Crippen LogP contribution in [0.15, 0.2) is 134 Å². The van der Waals surface area contributed by atoms with Crippen LogP contribution in [-0.4, -0.2) is 123 Å². The number of hydrogen-bond acceptors (Lipinski definition) is 14. The number of rotatable bonds is 16. The van der Waals surface area contributed by atoms with Gasteiger partial charge in [0.05, 0.1) is 57.6 Å². The first-order valence-corrected chi connectivity index (χ1v) is 28.9. The highest BCUT2D eigenvalue weighted by Gasteiger charge is 2.27. The topological polar surface area (TPSA) is 265 Å². The second-order valence-electron chi connectivity index (χ2n) is 20.4. The number of carbonyl (C=O) groups is 4. The monoisotopic (exact) mass is 1230 g/mol. The first kappa shape index (κ1) is 60.8. The van der Waals surface area contributed by atoms with Crippen molar-refractivity contribution in [1.82, 2.24) is 54.6 Å². The molecule has 0 aliphatic heterocycles. The molecule has 4 atom stereocenters. The predicted octanol–water partition coefficient (Wildman–Crippen LogP) is 10.3. The number of likely N-dealkylation sites (N-methyl/N-ethyl adjacent to an activating group) is 1. The fraction of sp³-hybridized carbons (Fsp3) is 0.300.